The van der Waals surface area contributed by atoms with Crippen molar-refractivity contribution in [3.63, 3.8) is 0 Å². The molecule has 0 radical (unpaired) electrons. The summed E-state index contributed by atoms with van der Waals surface area (Å²) in [6, 6.07) is 18.3. The number of aryl methyl sites for hydroxylation is 1. The predicted molar refractivity (Wildman–Crippen MR) is 132 cm³/mol. The summed E-state index contributed by atoms with van der Waals surface area (Å²) < 4.78 is 13.1. The molecule has 0 unspecified atom stereocenters. The number of benzene rings is 3. The van der Waals surface area contributed by atoms with E-state index in [9.17, 15) is 4.79 Å². The predicted octanol–water partition coefficient (Wildman–Crippen LogP) is 5.93. The first-order valence-corrected chi connectivity index (χ1v) is 11.1. The van der Waals surface area contributed by atoms with Crippen LogP contribution in [0.25, 0.3) is 17.1 Å². The van der Waals surface area contributed by atoms with Gasteiger partial charge in [0.05, 0.1) is 25.6 Å². The van der Waals surface area contributed by atoms with Crippen LogP contribution < -0.4 is 14.8 Å². The lowest BCUT2D eigenvalue weighted by atomic mass is 10.2. The second kappa shape index (κ2) is 9.64. The first kappa shape index (κ1) is 22.8. The number of methoxy groups -OCH3 is 2. The number of carbonyl (C=O) groups is 1. The third-order valence-electron chi connectivity index (χ3n) is 4.97. The van der Waals surface area contributed by atoms with E-state index in [0.29, 0.717) is 33.7 Å². The van der Waals surface area contributed by atoms with Gasteiger partial charge in [0.2, 0.25) is 5.82 Å². The Balaban J connectivity index is 1.77. The number of hydrogen-bond acceptors (Lipinski definition) is 5. The number of anilines is 1. The molecular weight excluding hydrogens is 508 g/mol. The monoisotopic (exact) mass is 526 g/mol. The number of rotatable bonds is 6. The van der Waals surface area contributed by atoms with E-state index in [4.69, 9.17) is 21.1 Å². The fraction of sp³-hybridized carbons (Fsp3) is 0.125. The van der Waals surface area contributed by atoms with Gasteiger partial charge in [-0.3, -0.25) is 4.79 Å². The van der Waals surface area contributed by atoms with Crippen molar-refractivity contribution in [3.05, 3.63) is 81.5 Å². The first-order valence-electron chi connectivity index (χ1n) is 9.92. The number of nitrogens with zero attached hydrogens (tertiary/aromatic N) is 3. The summed E-state index contributed by atoms with van der Waals surface area (Å²) in [5.74, 6) is 1.08. The van der Waals surface area contributed by atoms with Gasteiger partial charge in [0, 0.05) is 21.1 Å². The van der Waals surface area contributed by atoms with Crippen LogP contribution in [-0.4, -0.2) is 34.9 Å². The van der Waals surface area contributed by atoms with Gasteiger partial charge < -0.3 is 14.8 Å². The minimum Gasteiger partial charge on any atom is -0.497 e. The van der Waals surface area contributed by atoms with E-state index < -0.39 is 5.91 Å². The van der Waals surface area contributed by atoms with Gasteiger partial charge >= 0.3 is 0 Å². The topological polar surface area (TPSA) is 78.3 Å². The Hall–Kier alpha value is -3.36. The van der Waals surface area contributed by atoms with Crippen LogP contribution in [0.4, 0.5) is 5.69 Å². The summed E-state index contributed by atoms with van der Waals surface area (Å²) in [6.07, 6.45) is 0. The van der Waals surface area contributed by atoms with Gasteiger partial charge in [-0.1, -0.05) is 45.7 Å². The van der Waals surface area contributed by atoms with Crippen LogP contribution in [0.1, 0.15) is 16.2 Å². The maximum atomic E-state index is 13.1. The van der Waals surface area contributed by atoms with Gasteiger partial charge in [0.15, 0.2) is 5.82 Å². The fourth-order valence-corrected chi connectivity index (χ4v) is 3.62. The fourth-order valence-electron chi connectivity index (χ4n) is 3.18. The second-order valence-corrected chi connectivity index (χ2v) is 8.45. The van der Waals surface area contributed by atoms with Crippen LogP contribution in [-0.2, 0) is 0 Å². The van der Waals surface area contributed by atoms with E-state index in [1.165, 1.54) is 7.11 Å². The van der Waals surface area contributed by atoms with Gasteiger partial charge in [-0.25, -0.2) is 9.67 Å². The zero-order chi connectivity index (χ0) is 23.5. The SMILES string of the molecule is COc1ccc(OC)c(NC(=O)c2nc(-c3ccc(Br)cc3)n(-c3ccc(C)c(Cl)c3)n2)c1. The molecule has 168 valence electrons. The molecule has 33 heavy (non-hydrogen) atoms. The summed E-state index contributed by atoms with van der Waals surface area (Å²) >= 11 is 9.79. The first-order chi connectivity index (χ1) is 15.9. The minimum absolute atomic E-state index is 0.00510. The lowest BCUT2D eigenvalue weighted by Crippen LogP contribution is -2.15. The Labute approximate surface area is 204 Å². The molecule has 0 saturated heterocycles. The summed E-state index contributed by atoms with van der Waals surface area (Å²) in [5, 5.41) is 7.90. The van der Waals surface area contributed by atoms with E-state index in [2.05, 4.69) is 31.3 Å². The Bertz CT molecular complexity index is 1320. The van der Waals surface area contributed by atoms with Crippen LogP contribution in [0.3, 0.4) is 0 Å². The molecule has 0 saturated carbocycles. The normalized spacial score (nSPS) is 10.7. The molecule has 0 aliphatic rings. The number of amides is 1. The van der Waals surface area contributed by atoms with Crippen LogP contribution >= 0.6 is 27.5 Å². The average molecular weight is 528 g/mol. The third-order valence-corrected chi connectivity index (χ3v) is 5.90. The number of halogens is 2. The minimum atomic E-state index is -0.489. The quantitative estimate of drug-likeness (QED) is 0.336. The average Bonchev–Trinajstić information content (AvgIpc) is 3.27. The number of aromatic nitrogens is 3. The molecule has 4 aromatic rings. The van der Waals surface area contributed by atoms with E-state index >= 15 is 0 Å². The number of ether oxygens (including phenoxy) is 2. The Morgan fingerprint density at radius 3 is 2.45 bits per heavy atom. The number of hydrogen-bond donors (Lipinski definition) is 1. The highest BCUT2D eigenvalue weighted by Gasteiger charge is 2.20. The number of carbonyl (C=O) groups excluding carboxylic acids is 1. The summed E-state index contributed by atoms with van der Waals surface area (Å²) in [5.41, 5.74) is 2.87. The molecule has 1 aromatic heterocycles. The zero-order valence-electron chi connectivity index (χ0n) is 18.1. The Morgan fingerprint density at radius 1 is 1.03 bits per heavy atom. The number of nitrogens with one attached hydrogen (secondary N) is 1. The molecule has 0 bridgehead atoms. The highest BCUT2D eigenvalue weighted by Crippen LogP contribution is 2.30. The molecule has 1 heterocycles. The van der Waals surface area contributed by atoms with Gasteiger partial charge in [0.1, 0.15) is 11.5 Å². The molecule has 0 aliphatic heterocycles. The molecule has 9 heteroatoms. The van der Waals surface area contributed by atoms with E-state index in [1.54, 1.807) is 36.1 Å². The molecule has 0 aliphatic carbocycles. The molecule has 4 rings (SSSR count). The summed E-state index contributed by atoms with van der Waals surface area (Å²) in [6.45, 7) is 1.92. The molecule has 0 fully saturated rings. The van der Waals surface area contributed by atoms with E-state index in [-0.39, 0.29) is 5.82 Å². The molecule has 7 nitrogen and oxygen atoms in total. The molecule has 0 spiro atoms. The molecule has 1 amide bonds. The van der Waals surface area contributed by atoms with E-state index in [0.717, 1.165) is 15.6 Å². The lowest BCUT2D eigenvalue weighted by Gasteiger charge is -2.10. The Kier molecular flexibility index (Phi) is 6.67. The van der Waals surface area contributed by atoms with Crippen molar-refractivity contribution in [1.29, 1.82) is 0 Å². The van der Waals surface area contributed by atoms with Gasteiger partial charge in [-0.15, -0.1) is 5.10 Å². The van der Waals surface area contributed by atoms with Crippen molar-refractivity contribution in [2.75, 3.05) is 19.5 Å². The van der Waals surface area contributed by atoms with Gasteiger partial charge in [-0.2, -0.15) is 0 Å². The van der Waals surface area contributed by atoms with Crippen LogP contribution in [0, 0.1) is 6.92 Å². The van der Waals surface area contributed by atoms with Crippen molar-refractivity contribution in [2.24, 2.45) is 0 Å². The molecule has 0 atom stereocenters. The maximum absolute atomic E-state index is 13.1. The van der Waals surface area contributed by atoms with Crippen molar-refractivity contribution in [3.8, 4) is 28.6 Å². The smallest absolute Gasteiger partial charge is 0.295 e. The zero-order valence-corrected chi connectivity index (χ0v) is 20.4. The van der Waals surface area contributed by atoms with Gasteiger partial charge in [-0.05, 0) is 48.9 Å². The largest absolute Gasteiger partial charge is 0.497 e. The third kappa shape index (κ3) is 4.86. The van der Waals surface area contributed by atoms with E-state index in [1.807, 2.05) is 43.3 Å². The van der Waals surface area contributed by atoms with Crippen LogP contribution in [0.5, 0.6) is 11.5 Å². The molecular formula is C24H20BrClN4O3. The van der Waals surface area contributed by atoms with Crippen molar-refractivity contribution in [2.45, 2.75) is 6.92 Å². The van der Waals surface area contributed by atoms with Crippen molar-refractivity contribution >= 4 is 39.1 Å². The lowest BCUT2D eigenvalue weighted by molar-refractivity contribution is 0.101. The van der Waals surface area contributed by atoms with Crippen molar-refractivity contribution in [1.82, 2.24) is 14.8 Å². The van der Waals surface area contributed by atoms with Crippen LogP contribution in [0.15, 0.2) is 65.1 Å². The van der Waals surface area contributed by atoms with Crippen LogP contribution in [0.2, 0.25) is 5.02 Å². The highest BCUT2D eigenvalue weighted by atomic mass is 79.9. The molecule has 3 aromatic carbocycles. The standard InChI is InChI=1S/C24H20BrClN4O3/c1-14-4-9-17(12-19(14)26)30-23(15-5-7-16(25)8-6-15)28-22(29-30)24(31)27-20-13-18(32-2)10-11-21(20)33-3/h4-13H,1-3H3,(H,27,31). The second-order valence-electron chi connectivity index (χ2n) is 7.13. The Morgan fingerprint density at radius 2 is 1.79 bits per heavy atom. The maximum Gasteiger partial charge on any atom is 0.295 e. The van der Waals surface area contributed by atoms with Crippen molar-refractivity contribution < 1.29 is 14.3 Å². The highest BCUT2D eigenvalue weighted by molar-refractivity contribution is 9.10. The summed E-state index contributed by atoms with van der Waals surface area (Å²) in [4.78, 5) is 17.6. The molecule has 1 N–H and O–H groups in total. The van der Waals surface area contributed by atoms with Gasteiger partial charge in [0.25, 0.3) is 5.91 Å². The summed E-state index contributed by atoms with van der Waals surface area (Å²) in [7, 11) is 3.07.